The predicted molar refractivity (Wildman–Crippen MR) is 100 cm³/mol. The van der Waals surface area contributed by atoms with E-state index in [1.807, 2.05) is 0 Å². The molecule has 1 aliphatic carbocycles. The maximum atomic E-state index is 3.71. The number of rotatable bonds is 7. The summed E-state index contributed by atoms with van der Waals surface area (Å²) in [6.45, 7) is 8.62. The molecule has 1 aromatic rings. The molecule has 0 aromatic heterocycles. The molecule has 0 spiro atoms. The maximum Gasteiger partial charge on any atom is 0.0238 e. The van der Waals surface area contributed by atoms with Gasteiger partial charge in [0.05, 0.1) is 0 Å². The Hall–Kier alpha value is -0.900. The molecule has 132 valence electrons. The lowest BCUT2D eigenvalue weighted by Gasteiger charge is -2.31. The molecule has 1 N–H and O–H groups in total. The molecule has 3 fully saturated rings. The molecule has 2 heterocycles. The van der Waals surface area contributed by atoms with Crippen molar-refractivity contribution >= 4 is 0 Å². The molecule has 3 atom stereocenters. The summed E-state index contributed by atoms with van der Waals surface area (Å²) < 4.78 is 0. The van der Waals surface area contributed by atoms with Crippen LogP contribution in [0.3, 0.4) is 0 Å². The smallest absolute Gasteiger partial charge is 0.0238 e. The predicted octanol–water partition coefficient (Wildman–Crippen LogP) is 3.11. The van der Waals surface area contributed by atoms with E-state index in [4.69, 9.17) is 0 Å². The summed E-state index contributed by atoms with van der Waals surface area (Å²) in [5.74, 6) is 0.991. The lowest BCUT2D eigenvalue weighted by atomic mass is 10.1. The van der Waals surface area contributed by atoms with Crippen molar-refractivity contribution < 1.29 is 0 Å². The first-order chi connectivity index (χ1) is 11.8. The normalized spacial score (nSPS) is 31.2. The van der Waals surface area contributed by atoms with E-state index in [9.17, 15) is 0 Å². The Labute approximate surface area is 147 Å². The van der Waals surface area contributed by atoms with E-state index < -0.39 is 0 Å². The molecule has 0 amide bonds. The Morgan fingerprint density at radius 3 is 2.67 bits per heavy atom. The van der Waals surface area contributed by atoms with Gasteiger partial charge in [0.25, 0.3) is 0 Å². The molecular weight excluding hydrogens is 294 g/mol. The molecule has 3 aliphatic rings. The summed E-state index contributed by atoms with van der Waals surface area (Å²) in [5.41, 5.74) is 1.45. The summed E-state index contributed by atoms with van der Waals surface area (Å²) in [7, 11) is 0. The van der Waals surface area contributed by atoms with Crippen LogP contribution in [-0.2, 0) is 6.54 Å². The SMILES string of the molecule is CC1CC(N(CC2CC2)CC2CCCN2)CN1Cc1ccccc1. The van der Waals surface area contributed by atoms with Crippen LogP contribution in [0.15, 0.2) is 30.3 Å². The van der Waals surface area contributed by atoms with Crippen molar-refractivity contribution in [3.63, 3.8) is 0 Å². The molecule has 1 saturated carbocycles. The number of likely N-dealkylation sites (tertiary alicyclic amines) is 1. The minimum Gasteiger partial charge on any atom is -0.313 e. The van der Waals surface area contributed by atoms with Gasteiger partial charge in [0.15, 0.2) is 0 Å². The first kappa shape index (κ1) is 16.6. The molecule has 24 heavy (non-hydrogen) atoms. The van der Waals surface area contributed by atoms with E-state index in [1.165, 1.54) is 63.8 Å². The second-order valence-electron chi connectivity index (χ2n) is 8.34. The van der Waals surface area contributed by atoms with Crippen molar-refractivity contribution in [1.82, 2.24) is 15.1 Å². The zero-order valence-corrected chi connectivity index (χ0v) is 15.2. The van der Waals surface area contributed by atoms with Crippen LogP contribution in [0.4, 0.5) is 0 Å². The number of hydrogen-bond acceptors (Lipinski definition) is 3. The monoisotopic (exact) mass is 327 g/mol. The van der Waals surface area contributed by atoms with Gasteiger partial charge in [-0.05, 0) is 57.1 Å². The fraction of sp³-hybridized carbons (Fsp3) is 0.714. The molecule has 2 aliphatic heterocycles. The Morgan fingerprint density at radius 2 is 1.96 bits per heavy atom. The number of nitrogens with zero attached hydrogens (tertiary/aromatic N) is 2. The Bertz CT molecular complexity index is 507. The van der Waals surface area contributed by atoms with Crippen LogP contribution < -0.4 is 5.32 Å². The Morgan fingerprint density at radius 1 is 1.12 bits per heavy atom. The van der Waals surface area contributed by atoms with E-state index >= 15 is 0 Å². The van der Waals surface area contributed by atoms with E-state index in [0.29, 0.717) is 6.04 Å². The highest BCUT2D eigenvalue weighted by molar-refractivity contribution is 5.15. The molecule has 4 rings (SSSR count). The maximum absolute atomic E-state index is 3.71. The molecule has 2 saturated heterocycles. The van der Waals surface area contributed by atoms with E-state index in [0.717, 1.165) is 24.5 Å². The van der Waals surface area contributed by atoms with Crippen molar-refractivity contribution in [2.75, 3.05) is 26.2 Å². The second kappa shape index (κ2) is 7.55. The van der Waals surface area contributed by atoms with Crippen molar-refractivity contribution in [3.8, 4) is 0 Å². The fourth-order valence-corrected chi connectivity index (χ4v) is 4.57. The van der Waals surface area contributed by atoms with Gasteiger partial charge in [-0.3, -0.25) is 9.80 Å². The average Bonchev–Trinajstić information content (AvgIpc) is 3.11. The van der Waals surface area contributed by atoms with E-state index in [-0.39, 0.29) is 0 Å². The zero-order valence-electron chi connectivity index (χ0n) is 15.2. The van der Waals surface area contributed by atoms with Crippen LogP contribution in [0.2, 0.25) is 0 Å². The third kappa shape index (κ3) is 4.19. The minimum absolute atomic E-state index is 0.702. The highest BCUT2D eigenvalue weighted by atomic mass is 15.3. The van der Waals surface area contributed by atoms with Crippen LogP contribution in [0, 0.1) is 5.92 Å². The van der Waals surface area contributed by atoms with Crippen molar-refractivity contribution in [2.45, 2.75) is 63.7 Å². The molecule has 0 radical (unpaired) electrons. The van der Waals surface area contributed by atoms with Crippen LogP contribution in [-0.4, -0.2) is 54.1 Å². The van der Waals surface area contributed by atoms with Crippen LogP contribution in [0.25, 0.3) is 0 Å². The lowest BCUT2D eigenvalue weighted by Crippen LogP contribution is -2.45. The standard InChI is InChI=1S/C21H33N3/c1-17-12-21(16-23(17)13-18-6-3-2-4-7-18)24(14-19-9-10-19)15-20-8-5-11-22-20/h2-4,6-7,17,19-22H,5,8-16H2,1H3. The molecule has 3 unspecified atom stereocenters. The van der Waals surface area contributed by atoms with Gasteiger partial charge in [-0.25, -0.2) is 0 Å². The van der Waals surface area contributed by atoms with E-state index in [1.54, 1.807) is 0 Å². The first-order valence-corrected chi connectivity index (χ1v) is 10.0. The minimum atomic E-state index is 0.702. The molecule has 1 aromatic carbocycles. The van der Waals surface area contributed by atoms with Gasteiger partial charge < -0.3 is 5.32 Å². The lowest BCUT2D eigenvalue weighted by molar-refractivity contribution is 0.168. The van der Waals surface area contributed by atoms with Gasteiger partial charge in [0.1, 0.15) is 0 Å². The van der Waals surface area contributed by atoms with Crippen molar-refractivity contribution in [2.24, 2.45) is 5.92 Å². The highest BCUT2D eigenvalue weighted by Gasteiger charge is 2.36. The summed E-state index contributed by atoms with van der Waals surface area (Å²) in [6.07, 6.45) is 7.00. The fourth-order valence-electron chi connectivity index (χ4n) is 4.57. The molecule has 0 bridgehead atoms. The first-order valence-electron chi connectivity index (χ1n) is 10.0. The van der Waals surface area contributed by atoms with E-state index in [2.05, 4.69) is 52.4 Å². The Kier molecular flexibility index (Phi) is 5.21. The number of hydrogen-bond donors (Lipinski definition) is 1. The van der Waals surface area contributed by atoms with Crippen molar-refractivity contribution in [1.29, 1.82) is 0 Å². The Balaban J connectivity index is 1.37. The average molecular weight is 328 g/mol. The van der Waals surface area contributed by atoms with Gasteiger partial charge in [0, 0.05) is 44.3 Å². The van der Waals surface area contributed by atoms with Crippen LogP contribution >= 0.6 is 0 Å². The molecular formula is C21H33N3. The van der Waals surface area contributed by atoms with Crippen LogP contribution in [0.5, 0.6) is 0 Å². The molecule has 3 nitrogen and oxygen atoms in total. The van der Waals surface area contributed by atoms with Gasteiger partial charge in [-0.2, -0.15) is 0 Å². The van der Waals surface area contributed by atoms with Crippen LogP contribution in [0.1, 0.15) is 44.6 Å². The summed E-state index contributed by atoms with van der Waals surface area (Å²) in [6, 6.07) is 13.2. The van der Waals surface area contributed by atoms with Gasteiger partial charge in [-0.15, -0.1) is 0 Å². The van der Waals surface area contributed by atoms with Crippen molar-refractivity contribution in [3.05, 3.63) is 35.9 Å². The van der Waals surface area contributed by atoms with Gasteiger partial charge in [-0.1, -0.05) is 30.3 Å². The summed E-state index contributed by atoms with van der Waals surface area (Å²) in [5, 5.41) is 3.71. The topological polar surface area (TPSA) is 18.5 Å². The second-order valence-corrected chi connectivity index (χ2v) is 8.34. The largest absolute Gasteiger partial charge is 0.313 e. The summed E-state index contributed by atoms with van der Waals surface area (Å²) >= 11 is 0. The zero-order chi connectivity index (χ0) is 16.4. The highest BCUT2D eigenvalue weighted by Crippen LogP contribution is 2.33. The third-order valence-electron chi connectivity index (χ3n) is 6.23. The quantitative estimate of drug-likeness (QED) is 0.830. The third-order valence-corrected chi connectivity index (χ3v) is 6.23. The number of nitrogens with one attached hydrogen (secondary N) is 1. The number of benzene rings is 1. The molecule has 3 heteroatoms. The van der Waals surface area contributed by atoms with Gasteiger partial charge in [0.2, 0.25) is 0 Å². The summed E-state index contributed by atoms with van der Waals surface area (Å²) in [4.78, 5) is 5.55. The van der Waals surface area contributed by atoms with Gasteiger partial charge >= 0.3 is 0 Å².